The van der Waals surface area contributed by atoms with Crippen molar-refractivity contribution < 1.29 is 0 Å². The van der Waals surface area contributed by atoms with E-state index in [-0.39, 0.29) is 0 Å². The van der Waals surface area contributed by atoms with Crippen molar-refractivity contribution in [3.8, 4) is 39.3 Å². The molecule has 218 valence electrons. The zero-order valence-corrected chi connectivity index (χ0v) is 26.4. The van der Waals surface area contributed by atoms with E-state index in [9.17, 15) is 0 Å². The highest BCUT2D eigenvalue weighted by atomic mass is 15.0. The Hall–Kier alpha value is -5.60. The third kappa shape index (κ3) is 5.15. The molecule has 0 unspecified atom stereocenters. The molecular formula is C40H33N5. The molecule has 0 saturated carbocycles. The van der Waals surface area contributed by atoms with Crippen LogP contribution in [0.15, 0.2) is 91.0 Å². The largest absolute Gasteiger partial charge is 0.309 e. The summed E-state index contributed by atoms with van der Waals surface area (Å²) in [5.41, 5.74) is 14.0. The number of aryl methyl sites for hydroxylation is 6. The summed E-state index contributed by atoms with van der Waals surface area (Å²) in [7, 11) is 0. The highest BCUT2D eigenvalue weighted by molar-refractivity contribution is 6.11. The lowest BCUT2D eigenvalue weighted by Crippen LogP contribution is -2.00. The summed E-state index contributed by atoms with van der Waals surface area (Å²) >= 11 is 0. The van der Waals surface area contributed by atoms with E-state index in [0.29, 0.717) is 28.7 Å². The molecule has 5 nitrogen and oxygen atoms in total. The molecule has 5 heteroatoms. The van der Waals surface area contributed by atoms with Crippen molar-refractivity contribution in [3.63, 3.8) is 0 Å². The molecule has 0 amide bonds. The van der Waals surface area contributed by atoms with E-state index >= 15 is 0 Å². The summed E-state index contributed by atoms with van der Waals surface area (Å²) in [5.74, 6) is 1.78. The number of aromatic nitrogens is 4. The molecule has 2 heterocycles. The third-order valence-corrected chi connectivity index (χ3v) is 8.34. The second-order valence-electron chi connectivity index (χ2n) is 12.1. The first kappa shape index (κ1) is 28.2. The molecular weight excluding hydrogens is 550 g/mol. The number of rotatable bonds is 4. The lowest BCUT2D eigenvalue weighted by Gasteiger charge is -2.13. The Morgan fingerprint density at radius 3 is 1.47 bits per heavy atom. The Morgan fingerprint density at radius 1 is 0.511 bits per heavy atom. The maximum Gasteiger partial charge on any atom is 0.198 e. The smallest absolute Gasteiger partial charge is 0.198 e. The summed E-state index contributed by atoms with van der Waals surface area (Å²) in [6.07, 6.45) is 0. The minimum absolute atomic E-state index is 0.511. The van der Waals surface area contributed by atoms with Crippen molar-refractivity contribution in [1.29, 1.82) is 0 Å². The zero-order chi connectivity index (χ0) is 31.4. The first-order valence-electron chi connectivity index (χ1n) is 15.1. The second-order valence-corrected chi connectivity index (χ2v) is 12.1. The highest BCUT2D eigenvalue weighted by Gasteiger charge is 2.18. The van der Waals surface area contributed by atoms with Crippen LogP contribution < -0.4 is 0 Å². The van der Waals surface area contributed by atoms with E-state index in [0.717, 1.165) is 27.8 Å². The maximum absolute atomic E-state index is 7.91. The lowest BCUT2D eigenvalue weighted by atomic mass is 9.98. The SMILES string of the molecule is [C-]#[N+]c1ccc(-n2c3cc(-c4cc(C)cc(C)c4)ccc3c3ccc(-c4cc(C)cc(C)c4)cc32)cc1-c1nc(C)nc(C)n1. The van der Waals surface area contributed by atoms with E-state index in [1.54, 1.807) is 0 Å². The van der Waals surface area contributed by atoms with Gasteiger partial charge in [0.1, 0.15) is 11.6 Å². The Morgan fingerprint density at radius 2 is 1.00 bits per heavy atom. The van der Waals surface area contributed by atoms with Gasteiger partial charge in [0.15, 0.2) is 11.5 Å². The predicted octanol–water partition coefficient (Wildman–Crippen LogP) is 10.4. The quantitative estimate of drug-likeness (QED) is 0.194. The molecule has 5 aromatic carbocycles. The molecule has 0 aliphatic carbocycles. The fourth-order valence-corrected chi connectivity index (χ4v) is 6.61. The molecule has 7 rings (SSSR count). The van der Waals surface area contributed by atoms with Crippen LogP contribution in [0.3, 0.4) is 0 Å². The van der Waals surface area contributed by atoms with E-state index in [4.69, 9.17) is 6.57 Å². The molecule has 0 aliphatic rings. The van der Waals surface area contributed by atoms with Crippen LogP contribution in [0.1, 0.15) is 33.9 Å². The second kappa shape index (κ2) is 10.8. The standard InChI is InChI=1S/C40H33N5/c1-23-14-24(2)17-31(16-23)29-8-11-34-35-12-9-30(32-18-25(3)15-26(4)19-32)21-39(35)45(38(34)20-29)33-10-13-37(41-7)36(22-33)40-43-27(5)42-28(6)44-40/h8-22H,1-6H3. The van der Waals surface area contributed by atoms with Crippen LogP contribution in [-0.4, -0.2) is 19.5 Å². The van der Waals surface area contributed by atoms with Gasteiger partial charge in [-0.3, -0.25) is 0 Å². The van der Waals surface area contributed by atoms with Crippen LogP contribution >= 0.6 is 0 Å². The van der Waals surface area contributed by atoms with Gasteiger partial charge in [0, 0.05) is 22.0 Å². The fourth-order valence-electron chi connectivity index (χ4n) is 6.61. The Bertz CT molecular complexity index is 2180. The molecule has 0 bridgehead atoms. The average Bonchev–Trinajstić information content (AvgIpc) is 3.32. The highest BCUT2D eigenvalue weighted by Crippen LogP contribution is 2.39. The molecule has 45 heavy (non-hydrogen) atoms. The van der Waals surface area contributed by atoms with Gasteiger partial charge in [-0.1, -0.05) is 89.0 Å². The molecule has 2 aromatic heterocycles. The Labute approximate surface area is 263 Å². The van der Waals surface area contributed by atoms with Gasteiger partial charge in [0.25, 0.3) is 0 Å². The lowest BCUT2D eigenvalue weighted by molar-refractivity contribution is 0.929. The molecule has 0 N–H and O–H groups in total. The van der Waals surface area contributed by atoms with E-state index in [1.165, 1.54) is 44.2 Å². The molecule has 0 aliphatic heterocycles. The van der Waals surface area contributed by atoms with Crippen molar-refractivity contribution in [1.82, 2.24) is 19.5 Å². The van der Waals surface area contributed by atoms with Gasteiger partial charge in [0.2, 0.25) is 0 Å². The zero-order valence-electron chi connectivity index (χ0n) is 26.4. The summed E-state index contributed by atoms with van der Waals surface area (Å²) in [6.45, 7) is 20.2. The monoisotopic (exact) mass is 583 g/mol. The van der Waals surface area contributed by atoms with E-state index in [1.807, 2.05) is 32.0 Å². The van der Waals surface area contributed by atoms with Crippen LogP contribution in [0.5, 0.6) is 0 Å². The van der Waals surface area contributed by atoms with Crippen LogP contribution in [0.4, 0.5) is 5.69 Å². The Balaban J connectivity index is 1.54. The van der Waals surface area contributed by atoms with Gasteiger partial charge >= 0.3 is 0 Å². The average molecular weight is 584 g/mol. The van der Waals surface area contributed by atoms with E-state index < -0.39 is 0 Å². The normalized spacial score (nSPS) is 11.3. The number of fused-ring (bicyclic) bond motifs is 3. The predicted molar refractivity (Wildman–Crippen MR) is 185 cm³/mol. The first-order chi connectivity index (χ1) is 21.7. The topological polar surface area (TPSA) is 48.0 Å². The van der Waals surface area contributed by atoms with Crippen molar-refractivity contribution in [3.05, 3.63) is 136 Å². The van der Waals surface area contributed by atoms with Crippen molar-refractivity contribution in [2.75, 3.05) is 0 Å². The fraction of sp³-hybridized carbons (Fsp3) is 0.150. The molecule has 0 fully saturated rings. The van der Waals surface area contributed by atoms with Gasteiger partial charge in [-0.2, -0.15) is 0 Å². The third-order valence-electron chi connectivity index (χ3n) is 8.34. The summed E-state index contributed by atoms with van der Waals surface area (Å²) in [4.78, 5) is 17.5. The number of hydrogen-bond donors (Lipinski definition) is 0. The molecule has 0 spiro atoms. The molecule has 0 atom stereocenters. The minimum atomic E-state index is 0.511. The number of benzene rings is 5. The van der Waals surface area contributed by atoms with Gasteiger partial charge < -0.3 is 4.57 Å². The van der Waals surface area contributed by atoms with Gasteiger partial charge in [-0.25, -0.2) is 19.8 Å². The summed E-state index contributed by atoms with van der Waals surface area (Å²) < 4.78 is 2.32. The van der Waals surface area contributed by atoms with Crippen molar-refractivity contribution >= 4 is 27.5 Å². The molecule has 0 radical (unpaired) electrons. The van der Waals surface area contributed by atoms with Crippen molar-refractivity contribution in [2.24, 2.45) is 0 Å². The van der Waals surface area contributed by atoms with Gasteiger partial charge in [-0.15, -0.1) is 0 Å². The Kier molecular flexibility index (Phi) is 6.79. The number of nitrogens with zero attached hydrogens (tertiary/aromatic N) is 5. The van der Waals surface area contributed by atoms with Crippen molar-refractivity contribution in [2.45, 2.75) is 41.5 Å². The van der Waals surface area contributed by atoms with E-state index in [2.05, 4.69) is 125 Å². The van der Waals surface area contributed by atoms with Crippen LogP contribution in [0, 0.1) is 48.1 Å². The summed E-state index contributed by atoms with van der Waals surface area (Å²) in [6, 6.07) is 32.9. The van der Waals surface area contributed by atoms with Gasteiger partial charge in [-0.05, 0) is 88.1 Å². The van der Waals surface area contributed by atoms with Crippen LogP contribution in [0.2, 0.25) is 0 Å². The van der Waals surface area contributed by atoms with Crippen LogP contribution in [0.25, 0.3) is 66.0 Å². The maximum atomic E-state index is 7.91. The minimum Gasteiger partial charge on any atom is -0.309 e. The van der Waals surface area contributed by atoms with Gasteiger partial charge in [0.05, 0.1) is 17.6 Å². The first-order valence-corrected chi connectivity index (χ1v) is 15.1. The molecule has 7 aromatic rings. The van der Waals surface area contributed by atoms with Crippen LogP contribution in [-0.2, 0) is 0 Å². The summed E-state index contributed by atoms with van der Waals surface area (Å²) in [5, 5.41) is 2.35. The number of hydrogen-bond acceptors (Lipinski definition) is 3. The molecule has 0 saturated heterocycles.